The normalized spacial score (nSPS) is 10.8. The SMILES string of the molecule is CC(=O)N(c1nc(Cn2nnc(-c3ccccc3)n2)cs1)c1ccccc1F. The summed E-state index contributed by atoms with van der Waals surface area (Å²) >= 11 is 1.25. The molecule has 1 amide bonds. The molecule has 0 unspecified atom stereocenters. The van der Waals surface area contributed by atoms with Gasteiger partial charge in [-0.05, 0) is 17.3 Å². The van der Waals surface area contributed by atoms with Crippen molar-refractivity contribution in [3.63, 3.8) is 0 Å². The van der Waals surface area contributed by atoms with Crippen LogP contribution in [0.2, 0.25) is 0 Å². The number of nitrogens with zero attached hydrogens (tertiary/aromatic N) is 6. The predicted octanol–water partition coefficient (Wildman–Crippen LogP) is 3.67. The molecule has 0 aliphatic heterocycles. The molecule has 9 heteroatoms. The van der Waals surface area contributed by atoms with E-state index in [0.717, 1.165) is 5.56 Å². The van der Waals surface area contributed by atoms with Crippen LogP contribution in [0.15, 0.2) is 60.0 Å². The first-order valence-corrected chi connectivity index (χ1v) is 9.32. The summed E-state index contributed by atoms with van der Waals surface area (Å²) in [5, 5.41) is 14.6. The van der Waals surface area contributed by atoms with E-state index in [4.69, 9.17) is 0 Å². The van der Waals surface area contributed by atoms with Crippen molar-refractivity contribution in [2.75, 3.05) is 4.90 Å². The second-order valence-corrected chi connectivity index (χ2v) is 6.77. The third kappa shape index (κ3) is 3.65. The average molecular weight is 394 g/mol. The van der Waals surface area contributed by atoms with Crippen molar-refractivity contribution in [2.45, 2.75) is 13.5 Å². The smallest absolute Gasteiger partial charge is 0.230 e. The van der Waals surface area contributed by atoms with Crippen LogP contribution in [0.4, 0.5) is 15.2 Å². The Bertz CT molecular complexity index is 1110. The molecule has 0 N–H and O–H groups in total. The van der Waals surface area contributed by atoms with Crippen molar-refractivity contribution in [2.24, 2.45) is 0 Å². The third-order valence-electron chi connectivity index (χ3n) is 3.93. The zero-order chi connectivity index (χ0) is 19.5. The van der Waals surface area contributed by atoms with Gasteiger partial charge in [0.1, 0.15) is 12.4 Å². The zero-order valence-corrected chi connectivity index (χ0v) is 15.7. The monoisotopic (exact) mass is 394 g/mol. The molecule has 0 bridgehead atoms. The van der Waals surface area contributed by atoms with E-state index in [1.165, 1.54) is 34.0 Å². The molecule has 4 aromatic rings. The summed E-state index contributed by atoms with van der Waals surface area (Å²) in [6.45, 7) is 1.66. The van der Waals surface area contributed by atoms with Crippen molar-refractivity contribution >= 4 is 28.1 Å². The quantitative estimate of drug-likeness (QED) is 0.516. The van der Waals surface area contributed by atoms with Crippen LogP contribution in [0.1, 0.15) is 12.6 Å². The molecule has 0 saturated carbocycles. The molecule has 4 rings (SSSR count). The number of rotatable bonds is 5. The van der Waals surface area contributed by atoms with Gasteiger partial charge in [-0.25, -0.2) is 9.37 Å². The van der Waals surface area contributed by atoms with Crippen LogP contribution in [0.3, 0.4) is 0 Å². The highest BCUT2D eigenvalue weighted by Crippen LogP contribution is 2.30. The molecule has 0 saturated heterocycles. The number of thiazole rings is 1. The second kappa shape index (κ2) is 7.65. The van der Waals surface area contributed by atoms with Gasteiger partial charge >= 0.3 is 0 Å². The molecule has 2 aromatic carbocycles. The molecule has 140 valence electrons. The number of anilines is 2. The van der Waals surface area contributed by atoms with E-state index in [9.17, 15) is 9.18 Å². The minimum absolute atomic E-state index is 0.168. The second-order valence-electron chi connectivity index (χ2n) is 5.94. The molecule has 0 atom stereocenters. The van der Waals surface area contributed by atoms with E-state index < -0.39 is 5.82 Å². The topological polar surface area (TPSA) is 76.8 Å². The van der Waals surface area contributed by atoms with Gasteiger partial charge in [0.15, 0.2) is 5.13 Å². The van der Waals surface area contributed by atoms with Gasteiger partial charge in [-0.15, -0.1) is 21.5 Å². The van der Waals surface area contributed by atoms with Crippen molar-refractivity contribution in [3.05, 3.63) is 71.5 Å². The number of amides is 1. The van der Waals surface area contributed by atoms with E-state index >= 15 is 0 Å². The van der Waals surface area contributed by atoms with Crippen LogP contribution >= 0.6 is 11.3 Å². The molecule has 28 heavy (non-hydrogen) atoms. The van der Waals surface area contributed by atoms with Crippen molar-refractivity contribution in [3.8, 4) is 11.4 Å². The lowest BCUT2D eigenvalue weighted by atomic mass is 10.2. The maximum absolute atomic E-state index is 14.2. The minimum atomic E-state index is -0.486. The third-order valence-corrected chi connectivity index (χ3v) is 4.80. The fourth-order valence-corrected chi connectivity index (χ4v) is 3.54. The van der Waals surface area contributed by atoms with Gasteiger partial charge in [0.05, 0.1) is 11.4 Å². The average Bonchev–Trinajstić information content (AvgIpc) is 3.34. The van der Waals surface area contributed by atoms with Gasteiger partial charge in [-0.3, -0.25) is 9.69 Å². The molecular formula is C19H15FN6OS. The number of carbonyl (C=O) groups is 1. The maximum Gasteiger partial charge on any atom is 0.230 e. The molecule has 7 nitrogen and oxygen atoms in total. The Balaban J connectivity index is 1.57. The summed E-state index contributed by atoms with van der Waals surface area (Å²) in [5.41, 5.74) is 1.69. The Kier molecular flexibility index (Phi) is 4.90. The summed E-state index contributed by atoms with van der Waals surface area (Å²) in [6.07, 6.45) is 0. The van der Waals surface area contributed by atoms with Gasteiger partial charge in [-0.2, -0.15) is 4.80 Å². The maximum atomic E-state index is 14.2. The zero-order valence-electron chi connectivity index (χ0n) is 14.9. The number of hydrogen-bond donors (Lipinski definition) is 0. The highest BCUT2D eigenvalue weighted by molar-refractivity contribution is 7.14. The largest absolute Gasteiger partial charge is 0.274 e. The molecule has 0 spiro atoms. The molecule has 0 aliphatic carbocycles. The summed E-state index contributed by atoms with van der Waals surface area (Å²) in [6, 6.07) is 15.6. The molecule has 2 heterocycles. The van der Waals surface area contributed by atoms with Gasteiger partial charge in [0.2, 0.25) is 11.7 Å². The first-order chi connectivity index (χ1) is 13.6. The van der Waals surface area contributed by atoms with Crippen molar-refractivity contribution < 1.29 is 9.18 Å². The van der Waals surface area contributed by atoms with Crippen LogP contribution in [0.25, 0.3) is 11.4 Å². The number of aromatic nitrogens is 5. The summed E-state index contributed by atoms with van der Waals surface area (Å²) < 4.78 is 14.2. The van der Waals surface area contributed by atoms with Crippen LogP contribution in [0, 0.1) is 5.82 Å². The predicted molar refractivity (Wildman–Crippen MR) is 104 cm³/mol. The Morgan fingerprint density at radius 2 is 1.89 bits per heavy atom. The Hall–Kier alpha value is -3.46. The van der Waals surface area contributed by atoms with Gasteiger partial charge < -0.3 is 0 Å². The van der Waals surface area contributed by atoms with Crippen molar-refractivity contribution in [1.29, 1.82) is 0 Å². The summed E-state index contributed by atoms with van der Waals surface area (Å²) in [5.74, 6) is -0.288. The molecule has 0 aliphatic rings. The van der Waals surface area contributed by atoms with E-state index in [2.05, 4.69) is 20.4 Å². The van der Waals surface area contributed by atoms with Crippen LogP contribution in [-0.2, 0) is 11.3 Å². The molecule has 0 radical (unpaired) electrons. The first kappa shape index (κ1) is 17.9. The number of benzene rings is 2. The molecule has 0 fully saturated rings. The van der Waals surface area contributed by atoms with Gasteiger partial charge in [-0.1, -0.05) is 42.5 Å². The van der Waals surface area contributed by atoms with Crippen LogP contribution in [0.5, 0.6) is 0 Å². The molecule has 2 aromatic heterocycles. The van der Waals surface area contributed by atoms with Gasteiger partial charge in [0.25, 0.3) is 0 Å². The number of hydrogen-bond acceptors (Lipinski definition) is 6. The number of tetrazole rings is 1. The fraction of sp³-hybridized carbons (Fsp3) is 0.105. The molecular weight excluding hydrogens is 379 g/mol. The summed E-state index contributed by atoms with van der Waals surface area (Å²) in [4.78, 5) is 19.3. The van der Waals surface area contributed by atoms with Crippen molar-refractivity contribution in [1.82, 2.24) is 25.2 Å². The first-order valence-electron chi connectivity index (χ1n) is 8.44. The lowest BCUT2D eigenvalue weighted by Gasteiger charge is -2.18. The highest BCUT2D eigenvalue weighted by atomic mass is 32.1. The Morgan fingerprint density at radius 1 is 1.14 bits per heavy atom. The van der Waals surface area contributed by atoms with Crippen LogP contribution in [-0.4, -0.2) is 31.1 Å². The minimum Gasteiger partial charge on any atom is -0.274 e. The Labute approximate surface area is 164 Å². The van der Waals surface area contributed by atoms with E-state index in [0.29, 0.717) is 23.2 Å². The Morgan fingerprint density at radius 3 is 2.64 bits per heavy atom. The lowest BCUT2D eigenvalue weighted by molar-refractivity contribution is -0.115. The number of para-hydroxylation sites is 1. The summed E-state index contributed by atoms with van der Waals surface area (Å²) in [7, 11) is 0. The lowest BCUT2D eigenvalue weighted by Crippen LogP contribution is -2.23. The fourth-order valence-electron chi connectivity index (χ4n) is 2.67. The van der Waals surface area contributed by atoms with Gasteiger partial charge in [0, 0.05) is 17.9 Å². The number of halogens is 1. The number of carbonyl (C=O) groups excluding carboxylic acids is 1. The standard InChI is InChI=1S/C19H15FN6OS/c1-13(27)26(17-10-6-5-9-16(17)20)19-21-15(12-28-19)11-25-23-18(22-24-25)14-7-3-2-4-8-14/h2-10,12H,11H2,1H3. The highest BCUT2D eigenvalue weighted by Gasteiger charge is 2.21. The van der Waals surface area contributed by atoms with E-state index in [-0.39, 0.29) is 11.6 Å². The van der Waals surface area contributed by atoms with E-state index in [1.807, 2.05) is 30.3 Å². The van der Waals surface area contributed by atoms with Crippen LogP contribution < -0.4 is 4.90 Å². The van der Waals surface area contributed by atoms with E-state index in [1.54, 1.807) is 23.6 Å².